The van der Waals surface area contributed by atoms with Gasteiger partial charge in [0.25, 0.3) is 0 Å². The van der Waals surface area contributed by atoms with Crippen molar-refractivity contribution >= 4 is 16.7 Å². The van der Waals surface area contributed by atoms with Crippen LogP contribution in [0.15, 0.2) is 23.0 Å². The SMILES string of the molecule is Cc1cc(C)c2[nH]c(N)cc(=O)c2c1. The highest BCUT2D eigenvalue weighted by Gasteiger charge is 2.03. The highest BCUT2D eigenvalue weighted by molar-refractivity contribution is 5.83. The Hall–Kier alpha value is -1.77. The van der Waals surface area contributed by atoms with E-state index in [1.54, 1.807) is 0 Å². The number of fused-ring (bicyclic) bond motifs is 1. The maximum absolute atomic E-state index is 11.6. The van der Waals surface area contributed by atoms with Gasteiger partial charge in [0.1, 0.15) is 5.82 Å². The Morgan fingerprint density at radius 1 is 1.21 bits per heavy atom. The Morgan fingerprint density at radius 2 is 1.93 bits per heavy atom. The summed E-state index contributed by atoms with van der Waals surface area (Å²) >= 11 is 0. The molecule has 2 aromatic rings. The summed E-state index contributed by atoms with van der Waals surface area (Å²) in [6.45, 7) is 3.94. The zero-order valence-electron chi connectivity index (χ0n) is 8.22. The number of aromatic nitrogens is 1. The van der Waals surface area contributed by atoms with Gasteiger partial charge in [0, 0.05) is 11.5 Å². The maximum Gasteiger partial charge on any atom is 0.191 e. The summed E-state index contributed by atoms with van der Waals surface area (Å²) in [5.74, 6) is 0.412. The molecule has 2 rings (SSSR count). The number of hydrogen-bond donors (Lipinski definition) is 2. The van der Waals surface area contributed by atoms with Crippen LogP contribution in [0.2, 0.25) is 0 Å². The number of pyridine rings is 1. The summed E-state index contributed by atoms with van der Waals surface area (Å²) in [5, 5.41) is 0.705. The third-order valence-electron chi connectivity index (χ3n) is 2.30. The number of nitrogens with one attached hydrogen (secondary N) is 1. The lowest BCUT2D eigenvalue weighted by molar-refractivity contribution is 1.33. The molecule has 0 atom stereocenters. The third-order valence-corrected chi connectivity index (χ3v) is 2.30. The highest BCUT2D eigenvalue weighted by atomic mass is 16.1. The second-order valence-corrected chi connectivity index (χ2v) is 3.59. The van der Waals surface area contributed by atoms with Crippen LogP contribution in [0.25, 0.3) is 10.9 Å². The molecule has 0 bridgehead atoms. The van der Waals surface area contributed by atoms with Gasteiger partial charge in [-0.1, -0.05) is 6.07 Å². The molecule has 0 spiro atoms. The summed E-state index contributed by atoms with van der Waals surface area (Å²) in [4.78, 5) is 14.6. The van der Waals surface area contributed by atoms with Crippen molar-refractivity contribution in [3.63, 3.8) is 0 Å². The number of aromatic amines is 1. The van der Waals surface area contributed by atoms with Crippen LogP contribution in [0.1, 0.15) is 11.1 Å². The van der Waals surface area contributed by atoms with E-state index in [1.807, 2.05) is 26.0 Å². The van der Waals surface area contributed by atoms with E-state index in [0.29, 0.717) is 11.2 Å². The number of anilines is 1. The van der Waals surface area contributed by atoms with Crippen LogP contribution in [0.5, 0.6) is 0 Å². The number of rotatable bonds is 0. The van der Waals surface area contributed by atoms with Gasteiger partial charge in [-0.15, -0.1) is 0 Å². The molecule has 0 saturated heterocycles. The summed E-state index contributed by atoms with van der Waals surface area (Å²) < 4.78 is 0. The van der Waals surface area contributed by atoms with Crippen LogP contribution in [0, 0.1) is 13.8 Å². The number of nitrogens with two attached hydrogens (primary N) is 1. The lowest BCUT2D eigenvalue weighted by atomic mass is 10.1. The van der Waals surface area contributed by atoms with E-state index in [2.05, 4.69) is 4.98 Å². The normalized spacial score (nSPS) is 10.7. The predicted molar refractivity (Wildman–Crippen MR) is 58.5 cm³/mol. The predicted octanol–water partition coefficient (Wildman–Crippen LogP) is 1.73. The van der Waals surface area contributed by atoms with Crippen molar-refractivity contribution in [2.24, 2.45) is 0 Å². The molecule has 3 N–H and O–H groups in total. The van der Waals surface area contributed by atoms with Crippen LogP contribution in [-0.2, 0) is 0 Å². The monoisotopic (exact) mass is 188 g/mol. The Labute approximate surface area is 81.6 Å². The summed E-state index contributed by atoms with van der Waals surface area (Å²) in [5.41, 5.74) is 8.52. The first-order valence-corrected chi connectivity index (χ1v) is 4.47. The molecule has 3 nitrogen and oxygen atoms in total. The van der Waals surface area contributed by atoms with Gasteiger partial charge in [-0.25, -0.2) is 0 Å². The zero-order valence-corrected chi connectivity index (χ0v) is 8.22. The number of hydrogen-bond acceptors (Lipinski definition) is 2. The molecule has 14 heavy (non-hydrogen) atoms. The largest absolute Gasteiger partial charge is 0.385 e. The second kappa shape index (κ2) is 2.87. The number of benzene rings is 1. The molecule has 0 saturated carbocycles. The molecule has 0 aliphatic heterocycles. The first kappa shape index (κ1) is 8.81. The molecule has 0 amide bonds. The minimum absolute atomic E-state index is 0.0250. The number of aryl methyl sites for hydroxylation is 2. The van der Waals surface area contributed by atoms with Crippen molar-refractivity contribution in [3.05, 3.63) is 39.5 Å². The number of H-pyrrole nitrogens is 1. The molecular weight excluding hydrogens is 176 g/mol. The lowest BCUT2D eigenvalue weighted by Crippen LogP contribution is -2.05. The van der Waals surface area contributed by atoms with Crippen LogP contribution < -0.4 is 11.2 Å². The zero-order chi connectivity index (χ0) is 10.3. The van der Waals surface area contributed by atoms with E-state index in [4.69, 9.17) is 5.73 Å². The summed E-state index contributed by atoms with van der Waals surface area (Å²) in [7, 11) is 0. The van der Waals surface area contributed by atoms with Crippen LogP contribution in [0.3, 0.4) is 0 Å². The van der Waals surface area contributed by atoms with E-state index in [1.165, 1.54) is 6.07 Å². The fourth-order valence-corrected chi connectivity index (χ4v) is 1.73. The van der Waals surface area contributed by atoms with Crippen molar-refractivity contribution in [2.75, 3.05) is 5.73 Å². The molecule has 1 aromatic heterocycles. The van der Waals surface area contributed by atoms with E-state index in [-0.39, 0.29) is 5.43 Å². The fourth-order valence-electron chi connectivity index (χ4n) is 1.73. The molecular formula is C11H12N2O. The molecule has 0 aliphatic carbocycles. The molecule has 0 radical (unpaired) electrons. The van der Waals surface area contributed by atoms with Gasteiger partial charge < -0.3 is 10.7 Å². The Balaban J connectivity index is 3.02. The van der Waals surface area contributed by atoms with E-state index >= 15 is 0 Å². The molecule has 0 fully saturated rings. The number of nitrogen functional groups attached to an aromatic ring is 1. The Morgan fingerprint density at radius 3 is 2.64 bits per heavy atom. The lowest BCUT2D eigenvalue weighted by Gasteiger charge is -2.04. The quantitative estimate of drug-likeness (QED) is 0.661. The smallest absolute Gasteiger partial charge is 0.191 e. The molecule has 72 valence electrons. The average molecular weight is 188 g/mol. The van der Waals surface area contributed by atoms with Gasteiger partial charge in [0.2, 0.25) is 0 Å². The van der Waals surface area contributed by atoms with E-state index in [0.717, 1.165) is 16.6 Å². The van der Waals surface area contributed by atoms with Crippen molar-refractivity contribution in [1.29, 1.82) is 0 Å². The third kappa shape index (κ3) is 1.27. The summed E-state index contributed by atoms with van der Waals surface area (Å²) in [6.07, 6.45) is 0. The van der Waals surface area contributed by atoms with Crippen molar-refractivity contribution in [3.8, 4) is 0 Å². The molecule has 0 unspecified atom stereocenters. The Bertz CT molecular complexity index is 555. The van der Waals surface area contributed by atoms with Gasteiger partial charge in [0.05, 0.1) is 5.52 Å². The summed E-state index contributed by atoms with van der Waals surface area (Å²) in [6, 6.07) is 5.32. The van der Waals surface area contributed by atoms with Gasteiger partial charge in [-0.3, -0.25) is 4.79 Å². The van der Waals surface area contributed by atoms with Crippen molar-refractivity contribution in [1.82, 2.24) is 4.98 Å². The van der Waals surface area contributed by atoms with E-state index in [9.17, 15) is 4.79 Å². The molecule has 1 heterocycles. The van der Waals surface area contributed by atoms with Crippen LogP contribution >= 0.6 is 0 Å². The molecule has 1 aromatic carbocycles. The van der Waals surface area contributed by atoms with Crippen molar-refractivity contribution < 1.29 is 0 Å². The topological polar surface area (TPSA) is 58.9 Å². The van der Waals surface area contributed by atoms with Crippen LogP contribution in [0.4, 0.5) is 5.82 Å². The average Bonchev–Trinajstić information content (AvgIpc) is 2.07. The van der Waals surface area contributed by atoms with E-state index < -0.39 is 0 Å². The van der Waals surface area contributed by atoms with Gasteiger partial charge in [0.15, 0.2) is 5.43 Å². The van der Waals surface area contributed by atoms with Gasteiger partial charge in [-0.2, -0.15) is 0 Å². The maximum atomic E-state index is 11.6. The first-order chi connectivity index (χ1) is 6.58. The van der Waals surface area contributed by atoms with Crippen LogP contribution in [-0.4, -0.2) is 4.98 Å². The van der Waals surface area contributed by atoms with Gasteiger partial charge in [-0.05, 0) is 31.0 Å². The van der Waals surface area contributed by atoms with Crippen molar-refractivity contribution in [2.45, 2.75) is 13.8 Å². The molecule has 0 aliphatic rings. The Kier molecular flexibility index (Phi) is 1.81. The fraction of sp³-hybridized carbons (Fsp3) is 0.182. The first-order valence-electron chi connectivity index (χ1n) is 4.47. The minimum atomic E-state index is -0.0250. The second-order valence-electron chi connectivity index (χ2n) is 3.59. The minimum Gasteiger partial charge on any atom is -0.385 e. The standard InChI is InChI=1S/C11H12N2O/c1-6-3-7(2)11-8(4-6)9(14)5-10(12)13-11/h3-5H,1-2H3,(H3,12,13,14). The highest BCUT2D eigenvalue weighted by Crippen LogP contribution is 2.16. The molecule has 3 heteroatoms. The van der Waals surface area contributed by atoms with Gasteiger partial charge >= 0.3 is 0 Å².